The maximum absolute atomic E-state index is 12.3. The van der Waals surface area contributed by atoms with Crippen LogP contribution >= 0.6 is 0 Å². The fourth-order valence-electron chi connectivity index (χ4n) is 3.23. The van der Waals surface area contributed by atoms with Crippen molar-refractivity contribution in [3.05, 3.63) is 34.4 Å². The number of benzene rings is 1. The van der Waals surface area contributed by atoms with Crippen molar-refractivity contribution in [3.63, 3.8) is 0 Å². The average Bonchev–Trinajstić information content (AvgIpc) is 2.84. The van der Waals surface area contributed by atoms with E-state index in [2.05, 4.69) is 10.6 Å². The topological polar surface area (TPSA) is 87.5 Å². The quantitative estimate of drug-likeness (QED) is 0.648. The van der Waals surface area contributed by atoms with E-state index in [1.54, 1.807) is 18.2 Å². The van der Waals surface area contributed by atoms with Gasteiger partial charge in [0.2, 0.25) is 5.91 Å². The second-order valence-electron chi connectivity index (χ2n) is 5.89. The molecule has 0 aromatic heterocycles. The molecule has 2 bridgehead atoms. The predicted molar refractivity (Wildman–Crippen MR) is 82.7 cm³/mol. The van der Waals surface area contributed by atoms with E-state index >= 15 is 0 Å². The summed E-state index contributed by atoms with van der Waals surface area (Å²) in [4.78, 5) is 24.7. The molecule has 0 spiro atoms. The number of nitrogens with one attached hydrogen (secondary N) is 2. The Morgan fingerprint density at radius 1 is 1.32 bits per heavy atom. The molecule has 1 amide bonds. The third-order valence-electron chi connectivity index (χ3n) is 4.41. The van der Waals surface area contributed by atoms with E-state index in [1.165, 1.54) is 12.5 Å². The molecule has 118 valence electrons. The van der Waals surface area contributed by atoms with Crippen LogP contribution in [-0.2, 0) is 4.79 Å². The summed E-state index contributed by atoms with van der Waals surface area (Å²) in [6.07, 6.45) is 3.29. The first-order valence-electron chi connectivity index (χ1n) is 7.64. The lowest BCUT2D eigenvalue weighted by Gasteiger charge is -2.24. The van der Waals surface area contributed by atoms with E-state index in [9.17, 15) is 14.9 Å². The molecular weight excluding hydrogens is 284 g/mol. The Morgan fingerprint density at radius 3 is 2.91 bits per heavy atom. The molecule has 3 rings (SSSR count). The van der Waals surface area contributed by atoms with Gasteiger partial charge in [-0.25, -0.2) is 0 Å². The lowest BCUT2D eigenvalue weighted by molar-refractivity contribution is -0.383. The third-order valence-corrected chi connectivity index (χ3v) is 4.41. The van der Waals surface area contributed by atoms with Gasteiger partial charge in [-0.15, -0.1) is 0 Å². The lowest BCUT2D eigenvalue weighted by atomic mass is 10.1. The first-order valence-corrected chi connectivity index (χ1v) is 7.64. The van der Waals surface area contributed by atoms with Crippen LogP contribution in [0.1, 0.15) is 19.3 Å². The highest BCUT2D eigenvalue weighted by Gasteiger charge is 2.31. The normalized spacial score (nSPS) is 23.9. The van der Waals surface area contributed by atoms with Crippen LogP contribution in [0.25, 0.3) is 0 Å². The average molecular weight is 304 g/mol. The molecule has 2 N–H and O–H groups in total. The number of anilines is 1. The summed E-state index contributed by atoms with van der Waals surface area (Å²) in [6, 6.07) is 7.31. The number of para-hydroxylation sites is 2. The number of nitro benzene ring substituents is 1. The highest BCUT2D eigenvalue weighted by atomic mass is 16.6. The Morgan fingerprint density at radius 2 is 2.09 bits per heavy atom. The first kappa shape index (κ1) is 14.8. The fraction of sp³-hybridized carbons (Fsp3) is 0.533. The van der Waals surface area contributed by atoms with Crippen molar-refractivity contribution in [1.29, 1.82) is 0 Å². The van der Waals surface area contributed by atoms with Crippen LogP contribution in [0.5, 0.6) is 0 Å². The minimum absolute atomic E-state index is 0.00694. The van der Waals surface area contributed by atoms with E-state index in [0.29, 0.717) is 17.8 Å². The number of nitrogens with zero attached hydrogens (tertiary/aromatic N) is 2. The van der Waals surface area contributed by atoms with Gasteiger partial charge < -0.3 is 15.5 Å². The summed E-state index contributed by atoms with van der Waals surface area (Å²) < 4.78 is 0. The molecule has 7 heteroatoms. The second kappa shape index (κ2) is 6.31. The van der Waals surface area contributed by atoms with Crippen molar-refractivity contribution < 1.29 is 9.72 Å². The maximum Gasteiger partial charge on any atom is 0.292 e. The molecule has 0 radical (unpaired) electrons. The number of hydrogen-bond donors (Lipinski definition) is 2. The largest absolute Gasteiger partial charge is 0.371 e. The van der Waals surface area contributed by atoms with Gasteiger partial charge in [0.25, 0.3) is 5.69 Å². The van der Waals surface area contributed by atoms with Crippen LogP contribution in [-0.4, -0.2) is 47.4 Å². The van der Waals surface area contributed by atoms with Crippen molar-refractivity contribution in [1.82, 2.24) is 10.2 Å². The van der Waals surface area contributed by atoms with Gasteiger partial charge in [0.15, 0.2) is 0 Å². The van der Waals surface area contributed by atoms with Gasteiger partial charge in [0, 0.05) is 31.2 Å². The van der Waals surface area contributed by atoms with Crippen molar-refractivity contribution in [3.8, 4) is 0 Å². The van der Waals surface area contributed by atoms with Gasteiger partial charge in [-0.2, -0.15) is 0 Å². The molecule has 2 heterocycles. The van der Waals surface area contributed by atoms with Crippen molar-refractivity contribution >= 4 is 17.3 Å². The van der Waals surface area contributed by atoms with E-state index < -0.39 is 4.92 Å². The van der Waals surface area contributed by atoms with Gasteiger partial charge in [-0.05, 0) is 25.3 Å². The zero-order valence-electron chi connectivity index (χ0n) is 12.3. The molecule has 2 unspecified atom stereocenters. The van der Waals surface area contributed by atoms with Crippen LogP contribution in [0, 0.1) is 10.1 Å². The number of amides is 1. The number of likely N-dealkylation sites (tertiary alicyclic amines) is 1. The standard InChI is InChI=1S/C15H20N4O3/c20-15(18-8-7-11-5-6-12(10-18)17-11)9-16-13-3-1-2-4-14(13)19(21)22/h1-4,11-12,16-17H,5-10H2. The zero-order valence-corrected chi connectivity index (χ0v) is 12.3. The Labute approximate surface area is 128 Å². The fourth-order valence-corrected chi connectivity index (χ4v) is 3.23. The predicted octanol–water partition coefficient (Wildman–Crippen LogP) is 1.36. The Kier molecular flexibility index (Phi) is 4.24. The summed E-state index contributed by atoms with van der Waals surface area (Å²) in [6.45, 7) is 1.57. The second-order valence-corrected chi connectivity index (χ2v) is 5.89. The lowest BCUT2D eigenvalue weighted by Crippen LogP contribution is -2.41. The van der Waals surface area contributed by atoms with Crippen molar-refractivity contribution in [2.75, 3.05) is 25.0 Å². The van der Waals surface area contributed by atoms with Crippen LogP contribution in [0.15, 0.2) is 24.3 Å². The number of rotatable bonds is 4. The summed E-state index contributed by atoms with van der Waals surface area (Å²) in [7, 11) is 0. The van der Waals surface area contributed by atoms with E-state index in [1.807, 2.05) is 4.90 Å². The number of nitro groups is 1. The summed E-state index contributed by atoms with van der Waals surface area (Å²) >= 11 is 0. The highest BCUT2D eigenvalue weighted by molar-refractivity contribution is 5.82. The monoisotopic (exact) mass is 304 g/mol. The summed E-state index contributed by atoms with van der Waals surface area (Å²) in [5, 5.41) is 17.4. The molecule has 2 saturated heterocycles. The third kappa shape index (κ3) is 3.19. The SMILES string of the molecule is O=C(CNc1ccccc1[N+](=O)[O-])N1CCC2CCC(C1)N2. The van der Waals surface area contributed by atoms with Gasteiger partial charge in [-0.1, -0.05) is 12.1 Å². The number of carbonyl (C=O) groups excluding carboxylic acids is 1. The van der Waals surface area contributed by atoms with Crippen LogP contribution in [0.2, 0.25) is 0 Å². The molecule has 0 saturated carbocycles. The Bertz CT molecular complexity index is 578. The minimum Gasteiger partial charge on any atom is -0.371 e. The molecule has 2 fully saturated rings. The number of carbonyl (C=O) groups is 1. The molecule has 2 atom stereocenters. The Hall–Kier alpha value is -2.15. The maximum atomic E-state index is 12.3. The van der Waals surface area contributed by atoms with E-state index in [-0.39, 0.29) is 18.1 Å². The molecule has 1 aromatic rings. The van der Waals surface area contributed by atoms with Gasteiger partial charge in [0.1, 0.15) is 5.69 Å². The summed E-state index contributed by atoms with van der Waals surface area (Å²) in [5.41, 5.74) is 0.377. The van der Waals surface area contributed by atoms with Gasteiger partial charge in [-0.3, -0.25) is 14.9 Å². The molecule has 7 nitrogen and oxygen atoms in total. The zero-order chi connectivity index (χ0) is 15.5. The molecular formula is C15H20N4O3. The molecule has 2 aliphatic rings. The number of fused-ring (bicyclic) bond motifs is 2. The first-order chi connectivity index (χ1) is 10.6. The minimum atomic E-state index is -0.443. The van der Waals surface area contributed by atoms with E-state index in [0.717, 1.165) is 25.9 Å². The van der Waals surface area contributed by atoms with Crippen molar-refractivity contribution in [2.24, 2.45) is 0 Å². The van der Waals surface area contributed by atoms with Gasteiger partial charge in [0.05, 0.1) is 11.5 Å². The number of hydrogen-bond acceptors (Lipinski definition) is 5. The smallest absolute Gasteiger partial charge is 0.292 e. The van der Waals surface area contributed by atoms with Crippen LogP contribution < -0.4 is 10.6 Å². The summed E-state index contributed by atoms with van der Waals surface area (Å²) in [5.74, 6) is -0.00694. The molecule has 0 aliphatic carbocycles. The van der Waals surface area contributed by atoms with Gasteiger partial charge >= 0.3 is 0 Å². The Balaban J connectivity index is 1.59. The van der Waals surface area contributed by atoms with Crippen LogP contribution in [0.4, 0.5) is 11.4 Å². The molecule has 2 aliphatic heterocycles. The highest BCUT2D eigenvalue weighted by Crippen LogP contribution is 2.23. The van der Waals surface area contributed by atoms with Crippen molar-refractivity contribution in [2.45, 2.75) is 31.3 Å². The van der Waals surface area contributed by atoms with Crippen LogP contribution in [0.3, 0.4) is 0 Å². The van der Waals surface area contributed by atoms with E-state index in [4.69, 9.17) is 0 Å². The molecule has 1 aromatic carbocycles. The molecule has 22 heavy (non-hydrogen) atoms.